The second kappa shape index (κ2) is 6.92. The van der Waals surface area contributed by atoms with Crippen LogP contribution in [0.1, 0.15) is 64.7 Å². The molecule has 14 heavy (non-hydrogen) atoms. The van der Waals surface area contributed by atoms with E-state index < -0.39 is 0 Å². The summed E-state index contributed by atoms with van der Waals surface area (Å²) in [6, 6.07) is 0. The zero-order valence-electron chi connectivity index (χ0n) is 9.56. The minimum Gasteiger partial charge on any atom is -0.495 e. The van der Waals surface area contributed by atoms with Gasteiger partial charge in [-0.2, -0.15) is 0 Å². The Morgan fingerprint density at radius 2 is 1.71 bits per heavy atom. The van der Waals surface area contributed by atoms with Crippen molar-refractivity contribution in [2.24, 2.45) is 0 Å². The smallest absolute Gasteiger partial charge is 0.105 e. The van der Waals surface area contributed by atoms with Gasteiger partial charge in [-0.15, -0.1) is 0 Å². The molecule has 1 aliphatic rings. The topological polar surface area (TPSA) is 9.23 Å². The van der Waals surface area contributed by atoms with Gasteiger partial charge in [0.25, 0.3) is 0 Å². The molecule has 0 bridgehead atoms. The van der Waals surface area contributed by atoms with Crippen molar-refractivity contribution in [3.63, 3.8) is 0 Å². The van der Waals surface area contributed by atoms with Crippen LogP contribution >= 0.6 is 0 Å². The van der Waals surface area contributed by atoms with Gasteiger partial charge in [-0.05, 0) is 12.8 Å². The molecule has 0 aromatic heterocycles. The Hall–Kier alpha value is -0.460. The van der Waals surface area contributed by atoms with Crippen LogP contribution in [0.25, 0.3) is 0 Å². The molecule has 0 radical (unpaired) electrons. The van der Waals surface area contributed by atoms with Crippen LogP contribution in [0.4, 0.5) is 0 Å². The van der Waals surface area contributed by atoms with Gasteiger partial charge in [0.2, 0.25) is 0 Å². The lowest BCUT2D eigenvalue weighted by Gasteiger charge is -2.29. The summed E-state index contributed by atoms with van der Waals surface area (Å²) < 4.78 is 5.39. The third kappa shape index (κ3) is 4.69. The zero-order valence-corrected chi connectivity index (χ0v) is 9.56. The molecule has 1 nitrogen and oxygen atoms in total. The highest BCUT2D eigenvalue weighted by atomic mass is 16.5. The fraction of sp³-hybridized carbons (Fsp3) is 0.846. The lowest BCUT2D eigenvalue weighted by molar-refractivity contribution is 0.0141. The molecule has 0 N–H and O–H groups in total. The predicted octanol–water partition coefficient (Wildman–Crippen LogP) is 4.43. The first kappa shape index (κ1) is 11.6. The van der Waals surface area contributed by atoms with Gasteiger partial charge in [-0.25, -0.2) is 0 Å². The van der Waals surface area contributed by atoms with Gasteiger partial charge in [0.05, 0.1) is 5.76 Å². The maximum atomic E-state index is 5.39. The van der Waals surface area contributed by atoms with Gasteiger partial charge in [0.15, 0.2) is 0 Å². The molecule has 1 rings (SSSR count). The van der Waals surface area contributed by atoms with E-state index in [0.29, 0.717) is 6.10 Å². The highest BCUT2D eigenvalue weighted by Gasteiger charge is 2.21. The average molecular weight is 196 g/mol. The molecule has 0 amide bonds. The predicted molar refractivity (Wildman–Crippen MR) is 61.2 cm³/mol. The fourth-order valence-electron chi connectivity index (χ4n) is 1.97. The Balaban J connectivity index is 1.74. The van der Waals surface area contributed by atoms with E-state index in [4.69, 9.17) is 4.74 Å². The number of hydrogen-bond acceptors (Lipinski definition) is 1. The van der Waals surface area contributed by atoms with Gasteiger partial charge in [-0.3, -0.25) is 0 Å². The lowest BCUT2D eigenvalue weighted by Crippen LogP contribution is -2.23. The van der Waals surface area contributed by atoms with Crippen molar-refractivity contribution in [1.82, 2.24) is 0 Å². The van der Waals surface area contributed by atoms with E-state index in [0.717, 1.165) is 12.2 Å². The molecule has 0 saturated carbocycles. The molecule has 1 heteroatoms. The van der Waals surface area contributed by atoms with Crippen LogP contribution in [0.15, 0.2) is 12.3 Å². The first-order valence-corrected chi connectivity index (χ1v) is 6.17. The summed E-state index contributed by atoms with van der Waals surface area (Å²) in [6.07, 6.45) is 12.6. The van der Waals surface area contributed by atoms with Crippen LogP contribution in [0.5, 0.6) is 0 Å². The minimum atomic E-state index is 0.512. The summed E-state index contributed by atoms with van der Waals surface area (Å²) in [5.41, 5.74) is 0. The Kier molecular flexibility index (Phi) is 5.74. The molecule has 1 atom stereocenters. The van der Waals surface area contributed by atoms with E-state index in [-0.39, 0.29) is 0 Å². The number of unbranched alkanes of at least 4 members (excludes halogenated alkanes) is 6. The quantitative estimate of drug-likeness (QED) is 0.522. The van der Waals surface area contributed by atoms with Gasteiger partial charge >= 0.3 is 0 Å². The first-order valence-electron chi connectivity index (χ1n) is 6.17. The first-order chi connectivity index (χ1) is 6.83. The molecule has 1 heterocycles. The van der Waals surface area contributed by atoms with Crippen molar-refractivity contribution in [3.05, 3.63) is 12.3 Å². The van der Waals surface area contributed by atoms with Gasteiger partial charge < -0.3 is 4.74 Å². The van der Waals surface area contributed by atoms with Crippen molar-refractivity contribution in [2.75, 3.05) is 0 Å². The number of ether oxygens (including phenoxy) is 1. The average Bonchev–Trinajstić information content (AvgIpc) is 2.13. The monoisotopic (exact) mass is 196 g/mol. The molecule has 0 aromatic carbocycles. The van der Waals surface area contributed by atoms with Crippen molar-refractivity contribution in [3.8, 4) is 0 Å². The summed E-state index contributed by atoms with van der Waals surface area (Å²) in [5.74, 6) is 0.984. The molecule has 1 saturated heterocycles. The van der Waals surface area contributed by atoms with E-state index in [9.17, 15) is 0 Å². The summed E-state index contributed by atoms with van der Waals surface area (Å²) in [7, 11) is 0. The third-order valence-corrected chi connectivity index (χ3v) is 2.92. The van der Waals surface area contributed by atoms with Crippen LogP contribution in [-0.2, 0) is 4.74 Å². The Labute approximate surface area is 88.5 Å². The van der Waals surface area contributed by atoms with E-state index >= 15 is 0 Å². The number of hydrogen-bond donors (Lipinski definition) is 0. The van der Waals surface area contributed by atoms with Crippen molar-refractivity contribution in [2.45, 2.75) is 70.8 Å². The molecule has 0 aliphatic carbocycles. The highest BCUT2D eigenvalue weighted by molar-refractivity contribution is 4.96. The summed E-state index contributed by atoms with van der Waals surface area (Å²) in [4.78, 5) is 0. The second-order valence-electron chi connectivity index (χ2n) is 4.39. The molecule has 1 unspecified atom stereocenters. The van der Waals surface area contributed by atoms with E-state index in [1.807, 2.05) is 0 Å². The summed E-state index contributed by atoms with van der Waals surface area (Å²) in [5, 5.41) is 0. The second-order valence-corrected chi connectivity index (χ2v) is 4.39. The van der Waals surface area contributed by atoms with Crippen molar-refractivity contribution < 1.29 is 4.74 Å². The number of rotatable bonds is 8. The Bertz CT molecular complexity index is 155. The lowest BCUT2D eigenvalue weighted by atomic mass is 10.0. The standard InChI is InChI=1S/C13H24O/c1-3-4-5-6-7-8-9-10-13-11-12(2)14-13/h13H,2-11H2,1H3. The van der Waals surface area contributed by atoms with E-state index in [1.54, 1.807) is 0 Å². The van der Waals surface area contributed by atoms with E-state index in [1.165, 1.54) is 51.4 Å². The molecule has 82 valence electrons. The summed E-state index contributed by atoms with van der Waals surface area (Å²) >= 11 is 0. The van der Waals surface area contributed by atoms with Crippen LogP contribution in [0.3, 0.4) is 0 Å². The highest BCUT2D eigenvalue weighted by Crippen LogP contribution is 2.26. The molecule has 0 spiro atoms. The molecular formula is C13H24O. The fourth-order valence-corrected chi connectivity index (χ4v) is 1.97. The molecular weight excluding hydrogens is 172 g/mol. The zero-order chi connectivity index (χ0) is 10.2. The maximum Gasteiger partial charge on any atom is 0.105 e. The Morgan fingerprint density at radius 1 is 1.14 bits per heavy atom. The van der Waals surface area contributed by atoms with Crippen molar-refractivity contribution >= 4 is 0 Å². The normalized spacial score (nSPS) is 20.4. The van der Waals surface area contributed by atoms with Gasteiger partial charge in [0, 0.05) is 6.42 Å². The molecule has 0 aromatic rings. The maximum absolute atomic E-state index is 5.39. The van der Waals surface area contributed by atoms with Crippen LogP contribution in [0.2, 0.25) is 0 Å². The van der Waals surface area contributed by atoms with E-state index in [2.05, 4.69) is 13.5 Å². The summed E-state index contributed by atoms with van der Waals surface area (Å²) in [6.45, 7) is 6.03. The van der Waals surface area contributed by atoms with Gasteiger partial charge in [-0.1, -0.05) is 52.0 Å². The third-order valence-electron chi connectivity index (χ3n) is 2.92. The molecule has 1 fully saturated rings. The molecule has 1 aliphatic heterocycles. The van der Waals surface area contributed by atoms with Crippen LogP contribution in [-0.4, -0.2) is 6.10 Å². The van der Waals surface area contributed by atoms with Crippen LogP contribution in [0, 0.1) is 0 Å². The van der Waals surface area contributed by atoms with Gasteiger partial charge in [0.1, 0.15) is 6.10 Å². The largest absolute Gasteiger partial charge is 0.495 e. The minimum absolute atomic E-state index is 0.512. The Morgan fingerprint density at radius 3 is 2.29 bits per heavy atom. The van der Waals surface area contributed by atoms with Crippen molar-refractivity contribution in [1.29, 1.82) is 0 Å². The SMILES string of the molecule is C=C1CC(CCCCCCCCC)O1. The van der Waals surface area contributed by atoms with Crippen LogP contribution < -0.4 is 0 Å².